The van der Waals surface area contributed by atoms with Gasteiger partial charge in [-0.25, -0.2) is 22.7 Å². The van der Waals surface area contributed by atoms with Crippen LogP contribution in [0.1, 0.15) is 64.8 Å². The van der Waals surface area contributed by atoms with E-state index < -0.39 is 28.1 Å². The van der Waals surface area contributed by atoms with Crippen molar-refractivity contribution in [1.29, 1.82) is 0 Å². The topological polar surface area (TPSA) is 119 Å². The smallest absolute Gasteiger partial charge is 0.421 e. The molecule has 1 N–H and O–H groups in total. The monoisotopic (exact) mass is 580 g/mol. The number of carbonyl (C=O) groups is 3. The average Bonchev–Trinajstić information content (AvgIpc) is 3.27. The number of hydrogen-bond donors (Lipinski definition) is 1. The van der Waals surface area contributed by atoms with Crippen LogP contribution in [0, 0.1) is 11.8 Å². The highest BCUT2D eigenvalue weighted by Crippen LogP contribution is 2.36. The molecule has 0 aliphatic rings. The molecule has 2 rings (SSSR count). The van der Waals surface area contributed by atoms with Crippen molar-refractivity contribution in [3.63, 3.8) is 0 Å². The highest BCUT2D eigenvalue weighted by atomic mass is 32.2. The molecule has 0 bridgehead atoms. The fourth-order valence-corrected chi connectivity index (χ4v) is 6.93. The van der Waals surface area contributed by atoms with E-state index in [9.17, 15) is 22.8 Å². The Kier molecular flexibility index (Phi) is 12.0. The maximum absolute atomic E-state index is 13.2. The Morgan fingerprint density at radius 1 is 1.08 bits per heavy atom. The highest BCUT2D eigenvalue weighted by Gasteiger charge is 2.32. The number of nitrogens with zero attached hydrogens (tertiary/aromatic N) is 1. The summed E-state index contributed by atoms with van der Waals surface area (Å²) in [6, 6.07) is 8.24. The normalized spacial score (nSPS) is 12.3. The van der Waals surface area contributed by atoms with Crippen molar-refractivity contribution in [2.75, 3.05) is 13.7 Å². The molecule has 0 aliphatic carbocycles. The Labute approximate surface area is 235 Å². The van der Waals surface area contributed by atoms with E-state index in [1.807, 2.05) is 45.4 Å². The fraction of sp³-hybridized carbons (Fsp3) is 0.536. The van der Waals surface area contributed by atoms with Crippen molar-refractivity contribution >= 4 is 39.3 Å². The molecule has 9 nitrogen and oxygen atoms in total. The number of sulfonamides is 1. The largest absolute Gasteiger partial charge is 0.467 e. The van der Waals surface area contributed by atoms with E-state index in [2.05, 4.69) is 0 Å². The van der Waals surface area contributed by atoms with Crippen LogP contribution in [0.5, 0.6) is 0 Å². The third-order valence-corrected chi connectivity index (χ3v) is 8.99. The zero-order chi connectivity index (χ0) is 29.3. The third kappa shape index (κ3) is 9.06. The quantitative estimate of drug-likeness (QED) is 0.250. The number of nitrogens with one attached hydrogen (secondary N) is 1. The molecule has 0 saturated carbocycles. The summed E-state index contributed by atoms with van der Waals surface area (Å²) in [7, 11) is -2.88. The van der Waals surface area contributed by atoms with Gasteiger partial charge in [0, 0.05) is 23.9 Å². The van der Waals surface area contributed by atoms with Crippen LogP contribution in [0.2, 0.25) is 0 Å². The van der Waals surface area contributed by atoms with Gasteiger partial charge in [-0.3, -0.25) is 4.79 Å². The maximum atomic E-state index is 13.2. The zero-order valence-corrected chi connectivity index (χ0v) is 25.4. The molecule has 0 aliphatic heterocycles. The summed E-state index contributed by atoms with van der Waals surface area (Å²) in [6.07, 6.45) is 1.14. The number of hydrogen-bond acceptors (Lipinski definition) is 8. The van der Waals surface area contributed by atoms with Crippen molar-refractivity contribution in [1.82, 2.24) is 9.62 Å². The summed E-state index contributed by atoms with van der Waals surface area (Å²) in [5, 5.41) is 0. The number of esters is 1. The molecule has 1 unspecified atom stereocenters. The molecule has 1 atom stereocenters. The Bertz CT molecular complexity index is 1240. The van der Waals surface area contributed by atoms with E-state index in [4.69, 9.17) is 9.47 Å². The Morgan fingerprint density at radius 2 is 1.72 bits per heavy atom. The summed E-state index contributed by atoms with van der Waals surface area (Å²) in [5.74, 6) is -0.588. The molecule has 0 radical (unpaired) electrons. The second-order valence-corrected chi connectivity index (χ2v) is 13.2. The molecule has 0 spiro atoms. The molecule has 2 amide bonds. The van der Waals surface area contributed by atoms with E-state index >= 15 is 0 Å². The lowest BCUT2D eigenvalue weighted by atomic mass is 10.0. The number of rotatable bonds is 13. The predicted molar refractivity (Wildman–Crippen MR) is 152 cm³/mol. The Morgan fingerprint density at radius 3 is 2.23 bits per heavy atom. The SMILES string of the molecule is CCCCOC(=O)NS(=O)(=O)c1sc(CC(C)C)cc1-c1ccc(CN(C(C)=O)C(C(=O)OC)C(C)C)cc1. The molecule has 39 heavy (non-hydrogen) atoms. The van der Waals surface area contributed by atoms with E-state index in [0.717, 1.165) is 28.2 Å². The molecule has 0 fully saturated rings. The van der Waals surface area contributed by atoms with Crippen LogP contribution < -0.4 is 4.72 Å². The highest BCUT2D eigenvalue weighted by molar-refractivity contribution is 7.92. The molecular weight excluding hydrogens is 540 g/mol. The molecule has 11 heteroatoms. The van der Waals surface area contributed by atoms with Gasteiger partial charge in [0.05, 0.1) is 13.7 Å². The molecule has 1 aromatic carbocycles. The van der Waals surface area contributed by atoms with Crippen LogP contribution in [0.15, 0.2) is 34.5 Å². The molecule has 0 saturated heterocycles. The number of benzene rings is 1. The van der Waals surface area contributed by atoms with Gasteiger partial charge >= 0.3 is 12.1 Å². The first kappa shape index (κ1) is 32.3. The average molecular weight is 581 g/mol. The lowest BCUT2D eigenvalue weighted by molar-refractivity contribution is -0.154. The summed E-state index contributed by atoms with van der Waals surface area (Å²) < 4.78 is 38.4. The van der Waals surface area contributed by atoms with E-state index in [1.54, 1.807) is 24.3 Å². The number of ether oxygens (including phenoxy) is 2. The standard InChI is InChI=1S/C28H40N2O7S2/c1-8-9-14-37-28(33)29-39(34,35)27-24(16-23(38-27)15-18(2)3)22-12-10-21(11-13-22)17-30(20(6)31)25(19(4)5)26(32)36-7/h10-13,16,18-19,25H,8-9,14-15,17H2,1-7H3,(H,29,33). The van der Waals surface area contributed by atoms with Gasteiger partial charge in [-0.1, -0.05) is 65.3 Å². The number of amides is 2. The summed E-state index contributed by atoms with van der Waals surface area (Å²) in [4.78, 5) is 39.3. The minimum Gasteiger partial charge on any atom is -0.467 e. The first-order chi connectivity index (χ1) is 18.3. The van der Waals surface area contributed by atoms with Gasteiger partial charge in [0.15, 0.2) is 0 Å². The summed E-state index contributed by atoms with van der Waals surface area (Å²) >= 11 is 1.13. The Balaban J connectivity index is 2.40. The minimum atomic E-state index is -4.17. The minimum absolute atomic E-state index is 0.0364. The van der Waals surface area contributed by atoms with Crippen molar-refractivity contribution in [3.8, 4) is 11.1 Å². The third-order valence-electron chi connectivity index (χ3n) is 5.98. The van der Waals surface area contributed by atoms with Crippen LogP contribution in [0.4, 0.5) is 4.79 Å². The van der Waals surface area contributed by atoms with E-state index in [0.29, 0.717) is 29.9 Å². The number of thiophene rings is 1. The first-order valence-corrected chi connectivity index (χ1v) is 15.4. The molecule has 216 valence electrons. The van der Waals surface area contributed by atoms with Gasteiger partial charge in [0.1, 0.15) is 10.3 Å². The molecule has 1 aromatic heterocycles. The Hall–Kier alpha value is -2.92. The number of methoxy groups -OCH3 is 1. The van der Waals surface area contributed by atoms with Crippen LogP contribution in [0.3, 0.4) is 0 Å². The van der Waals surface area contributed by atoms with Crippen molar-refractivity contribution < 1.29 is 32.3 Å². The molecule has 2 aromatic rings. The van der Waals surface area contributed by atoms with Gasteiger partial charge in [-0.05, 0) is 41.9 Å². The lowest BCUT2D eigenvalue weighted by Crippen LogP contribution is -2.47. The number of carbonyl (C=O) groups excluding carboxylic acids is 3. The van der Waals surface area contributed by atoms with Gasteiger partial charge in [-0.2, -0.15) is 0 Å². The van der Waals surface area contributed by atoms with E-state index in [-0.39, 0.29) is 29.2 Å². The summed E-state index contributed by atoms with van der Waals surface area (Å²) in [6.45, 7) is 11.5. The first-order valence-electron chi connectivity index (χ1n) is 13.1. The van der Waals surface area contributed by atoms with Crippen LogP contribution in [0.25, 0.3) is 11.1 Å². The second-order valence-electron chi connectivity index (χ2n) is 10.2. The van der Waals surface area contributed by atoms with Crippen LogP contribution >= 0.6 is 11.3 Å². The fourth-order valence-electron chi connectivity index (χ4n) is 4.09. The van der Waals surface area contributed by atoms with Crippen LogP contribution in [-0.4, -0.2) is 51.0 Å². The van der Waals surface area contributed by atoms with Crippen molar-refractivity contribution in [3.05, 3.63) is 40.8 Å². The van der Waals surface area contributed by atoms with Crippen molar-refractivity contribution in [2.24, 2.45) is 11.8 Å². The second kappa shape index (κ2) is 14.5. The predicted octanol–water partition coefficient (Wildman–Crippen LogP) is 5.37. The molecular formula is C28H40N2O7S2. The number of unbranched alkanes of at least 4 members (excludes halogenated alkanes) is 1. The lowest BCUT2D eigenvalue weighted by Gasteiger charge is -2.31. The van der Waals surface area contributed by atoms with Crippen LogP contribution in [-0.2, 0) is 42.1 Å². The molecule has 1 heterocycles. The van der Waals surface area contributed by atoms with Gasteiger partial charge < -0.3 is 14.4 Å². The zero-order valence-electron chi connectivity index (χ0n) is 23.8. The van der Waals surface area contributed by atoms with Crippen molar-refractivity contribution in [2.45, 2.75) is 77.6 Å². The summed E-state index contributed by atoms with van der Waals surface area (Å²) in [5.41, 5.74) is 1.89. The van der Waals surface area contributed by atoms with Gasteiger partial charge in [-0.15, -0.1) is 11.3 Å². The maximum Gasteiger partial charge on any atom is 0.421 e. The van der Waals surface area contributed by atoms with Gasteiger partial charge in [0.25, 0.3) is 10.0 Å². The van der Waals surface area contributed by atoms with E-state index in [1.165, 1.54) is 18.9 Å². The van der Waals surface area contributed by atoms with Gasteiger partial charge in [0.2, 0.25) is 5.91 Å².